The second-order valence-electron chi connectivity index (χ2n) is 12.8. The summed E-state index contributed by atoms with van der Waals surface area (Å²) in [7, 11) is 0. The Labute approximate surface area is 194 Å². The van der Waals surface area contributed by atoms with Gasteiger partial charge in [-0.05, 0) is 112 Å². The number of ether oxygens (including phenoxy) is 1. The van der Waals surface area contributed by atoms with E-state index in [4.69, 9.17) is 15.9 Å². The fourth-order valence-corrected chi connectivity index (χ4v) is 9.52. The van der Waals surface area contributed by atoms with E-state index >= 15 is 0 Å². The number of hydrogen-bond donors (Lipinski definition) is 2. The van der Waals surface area contributed by atoms with E-state index in [2.05, 4.69) is 32.6 Å². The van der Waals surface area contributed by atoms with E-state index in [1.54, 1.807) is 17.4 Å². The molecule has 32 heavy (non-hydrogen) atoms. The van der Waals surface area contributed by atoms with E-state index in [0.29, 0.717) is 23.6 Å². The molecule has 6 aliphatic rings. The van der Waals surface area contributed by atoms with Crippen LogP contribution in [0.3, 0.4) is 0 Å². The Morgan fingerprint density at radius 3 is 2.72 bits per heavy atom. The van der Waals surface area contributed by atoms with Crippen LogP contribution in [0.1, 0.15) is 85.5 Å². The van der Waals surface area contributed by atoms with Crippen molar-refractivity contribution in [2.45, 2.75) is 103 Å². The lowest BCUT2D eigenvalue weighted by atomic mass is 9.52. The SMILES string of the molecule is CC1=C2CC3C(CCC4CC(N)=C(C=N)CC43C)C2CCC2(C1)OC1CC(C)CN1[C@H]2C. The third-order valence-corrected chi connectivity index (χ3v) is 11.3. The molecule has 0 radical (unpaired) electrons. The summed E-state index contributed by atoms with van der Waals surface area (Å²) in [5.74, 6) is 3.81. The highest BCUT2D eigenvalue weighted by atomic mass is 16.5. The van der Waals surface area contributed by atoms with Gasteiger partial charge in [-0.3, -0.25) is 4.90 Å². The Hall–Kier alpha value is -1.13. The lowest BCUT2D eigenvalue weighted by Crippen LogP contribution is -2.46. The quantitative estimate of drug-likeness (QED) is 0.412. The van der Waals surface area contributed by atoms with E-state index in [1.165, 1.54) is 45.1 Å². The summed E-state index contributed by atoms with van der Waals surface area (Å²) in [5.41, 5.74) is 12.3. The maximum atomic E-state index is 7.92. The summed E-state index contributed by atoms with van der Waals surface area (Å²) in [4.78, 5) is 2.68. The van der Waals surface area contributed by atoms with Crippen LogP contribution in [0.15, 0.2) is 22.4 Å². The van der Waals surface area contributed by atoms with Crippen molar-refractivity contribution >= 4 is 6.21 Å². The minimum atomic E-state index is 0.0399. The summed E-state index contributed by atoms with van der Waals surface area (Å²) < 4.78 is 6.94. The molecule has 2 saturated carbocycles. The fraction of sp³-hybridized carbons (Fsp3) is 0.821. The first-order valence-electron chi connectivity index (χ1n) is 13.4. The molecule has 9 atom stereocenters. The van der Waals surface area contributed by atoms with Crippen molar-refractivity contribution in [3.63, 3.8) is 0 Å². The van der Waals surface area contributed by atoms with Gasteiger partial charge in [-0.15, -0.1) is 0 Å². The van der Waals surface area contributed by atoms with Crippen molar-refractivity contribution in [2.24, 2.45) is 40.7 Å². The van der Waals surface area contributed by atoms with Crippen LogP contribution in [0.4, 0.5) is 0 Å². The summed E-state index contributed by atoms with van der Waals surface area (Å²) >= 11 is 0. The van der Waals surface area contributed by atoms with Gasteiger partial charge in [0.15, 0.2) is 0 Å². The molecule has 2 aliphatic heterocycles. The van der Waals surface area contributed by atoms with Gasteiger partial charge in [0.25, 0.3) is 0 Å². The van der Waals surface area contributed by atoms with Gasteiger partial charge in [-0.25, -0.2) is 0 Å². The molecule has 4 aliphatic carbocycles. The summed E-state index contributed by atoms with van der Waals surface area (Å²) in [6, 6.07) is 0.539. The molecule has 0 aromatic rings. The van der Waals surface area contributed by atoms with Crippen LogP contribution in [0.5, 0.6) is 0 Å². The van der Waals surface area contributed by atoms with E-state index in [-0.39, 0.29) is 5.60 Å². The molecule has 1 spiro atoms. The van der Waals surface area contributed by atoms with Crippen LogP contribution in [-0.2, 0) is 4.74 Å². The highest BCUT2D eigenvalue weighted by Gasteiger charge is 2.59. The normalized spacial score (nSPS) is 50.8. The third-order valence-electron chi connectivity index (χ3n) is 11.3. The average molecular weight is 438 g/mol. The van der Waals surface area contributed by atoms with Crippen LogP contribution < -0.4 is 5.73 Å². The standard InChI is InChI=1S/C28H43N3O/c1-16-9-26-31(15-16)18(3)28(32-26)8-7-21-22-6-5-20-10-25(30)19(14-29)13-27(20,4)24(22)11-23(21)17(2)12-28/h14,16,18,20-22,24,26,29H,5-13,15,30H2,1-4H3/t16?,18-,20?,21?,22?,24?,26?,27?,28?/m0/s1. The molecule has 0 bridgehead atoms. The number of nitrogens with one attached hydrogen (secondary N) is 1. The molecule has 176 valence electrons. The zero-order valence-corrected chi connectivity index (χ0v) is 20.6. The zero-order valence-electron chi connectivity index (χ0n) is 20.6. The maximum absolute atomic E-state index is 7.92. The van der Waals surface area contributed by atoms with Gasteiger partial charge < -0.3 is 15.9 Å². The van der Waals surface area contributed by atoms with Gasteiger partial charge in [0.1, 0.15) is 6.23 Å². The molecule has 6 rings (SSSR count). The van der Waals surface area contributed by atoms with Gasteiger partial charge in [-0.1, -0.05) is 25.0 Å². The Morgan fingerprint density at radius 1 is 1.16 bits per heavy atom. The molecule has 8 unspecified atom stereocenters. The number of nitrogens with two attached hydrogens (primary N) is 1. The minimum Gasteiger partial charge on any atom is -0.402 e. The van der Waals surface area contributed by atoms with Crippen LogP contribution in [-0.4, -0.2) is 35.5 Å². The molecule has 4 nitrogen and oxygen atoms in total. The van der Waals surface area contributed by atoms with Crippen molar-refractivity contribution in [3.8, 4) is 0 Å². The zero-order chi connectivity index (χ0) is 22.4. The van der Waals surface area contributed by atoms with Gasteiger partial charge in [0.2, 0.25) is 0 Å². The number of allylic oxidation sites excluding steroid dienone is 3. The predicted octanol–water partition coefficient (Wildman–Crippen LogP) is 5.64. The maximum Gasteiger partial charge on any atom is 0.112 e. The minimum absolute atomic E-state index is 0.0399. The van der Waals surface area contributed by atoms with E-state index in [1.807, 2.05) is 0 Å². The number of hydrogen-bond acceptors (Lipinski definition) is 4. The number of nitrogens with zero attached hydrogens (tertiary/aromatic N) is 1. The van der Waals surface area contributed by atoms with E-state index in [0.717, 1.165) is 54.2 Å². The van der Waals surface area contributed by atoms with E-state index in [9.17, 15) is 0 Å². The van der Waals surface area contributed by atoms with Crippen LogP contribution >= 0.6 is 0 Å². The first-order chi connectivity index (χ1) is 15.3. The Bertz CT molecular complexity index is 891. The summed E-state index contributed by atoms with van der Waals surface area (Å²) in [6.45, 7) is 11.0. The van der Waals surface area contributed by atoms with E-state index < -0.39 is 0 Å². The van der Waals surface area contributed by atoms with Crippen LogP contribution in [0.25, 0.3) is 0 Å². The monoisotopic (exact) mass is 437 g/mol. The van der Waals surface area contributed by atoms with Crippen molar-refractivity contribution in [2.75, 3.05) is 6.54 Å². The molecular formula is C28H43N3O. The highest BCUT2D eigenvalue weighted by Crippen LogP contribution is 2.65. The summed E-state index contributed by atoms with van der Waals surface area (Å²) in [6.07, 6.45) is 12.8. The van der Waals surface area contributed by atoms with Crippen LogP contribution in [0, 0.1) is 40.4 Å². The number of fused-ring (bicyclic) bond motifs is 6. The second-order valence-corrected chi connectivity index (χ2v) is 12.8. The van der Waals surface area contributed by atoms with Gasteiger partial charge >= 0.3 is 0 Å². The molecule has 2 saturated heterocycles. The lowest BCUT2D eigenvalue weighted by molar-refractivity contribution is -0.0624. The van der Waals surface area contributed by atoms with Crippen molar-refractivity contribution < 1.29 is 4.74 Å². The Morgan fingerprint density at radius 2 is 1.97 bits per heavy atom. The van der Waals surface area contributed by atoms with Gasteiger partial charge in [0, 0.05) is 24.5 Å². The number of rotatable bonds is 1. The van der Waals surface area contributed by atoms with Crippen LogP contribution in [0.2, 0.25) is 0 Å². The molecular weight excluding hydrogens is 394 g/mol. The fourth-order valence-electron chi connectivity index (χ4n) is 9.52. The van der Waals surface area contributed by atoms with Gasteiger partial charge in [-0.2, -0.15) is 0 Å². The summed E-state index contributed by atoms with van der Waals surface area (Å²) in [5, 5.41) is 7.92. The molecule has 0 aromatic carbocycles. The predicted molar refractivity (Wildman–Crippen MR) is 129 cm³/mol. The highest BCUT2D eigenvalue weighted by molar-refractivity contribution is 5.77. The second kappa shape index (κ2) is 7.18. The molecule has 4 fully saturated rings. The van der Waals surface area contributed by atoms with Crippen molar-refractivity contribution in [3.05, 3.63) is 22.4 Å². The van der Waals surface area contributed by atoms with Crippen molar-refractivity contribution in [1.29, 1.82) is 5.41 Å². The topological polar surface area (TPSA) is 62.3 Å². The third kappa shape index (κ3) is 2.84. The lowest BCUT2D eigenvalue weighted by Gasteiger charge is -2.52. The van der Waals surface area contributed by atoms with Crippen molar-refractivity contribution in [1.82, 2.24) is 4.90 Å². The average Bonchev–Trinajstić information content (AvgIpc) is 3.35. The van der Waals surface area contributed by atoms with Gasteiger partial charge in [0.05, 0.1) is 5.60 Å². The molecule has 2 heterocycles. The first-order valence-corrected chi connectivity index (χ1v) is 13.4. The largest absolute Gasteiger partial charge is 0.402 e. The smallest absolute Gasteiger partial charge is 0.112 e. The Balaban J connectivity index is 1.29. The Kier molecular flexibility index (Phi) is 4.81. The molecule has 4 heteroatoms. The molecule has 0 amide bonds. The first kappa shape index (κ1) is 21.4. The molecule has 0 aromatic heterocycles. The molecule has 3 N–H and O–H groups in total.